The van der Waals surface area contributed by atoms with E-state index in [1.165, 1.54) is 0 Å². The molecule has 1 N–H and O–H groups in total. The molecule has 0 atom stereocenters. The van der Waals surface area contributed by atoms with E-state index in [2.05, 4.69) is 16.0 Å². The van der Waals surface area contributed by atoms with Crippen LogP contribution in [-0.2, 0) is 13.0 Å². The molecule has 0 aliphatic heterocycles. The molecule has 4 aromatic rings. The number of imidazole rings is 1. The average Bonchev–Trinajstić information content (AvgIpc) is 3.26. The lowest BCUT2D eigenvalue weighted by Gasteiger charge is -2.11. The van der Waals surface area contributed by atoms with Gasteiger partial charge in [-0.2, -0.15) is 0 Å². The molecule has 1 heterocycles. The minimum atomic E-state index is -0.133. The number of aryl methyl sites for hydroxylation is 2. The van der Waals surface area contributed by atoms with E-state index in [1.54, 1.807) is 26.4 Å². The first-order chi connectivity index (χ1) is 17.2. The fourth-order valence-corrected chi connectivity index (χ4v) is 4.03. The van der Waals surface area contributed by atoms with Gasteiger partial charge in [-0.1, -0.05) is 24.3 Å². The summed E-state index contributed by atoms with van der Waals surface area (Å²) in [6, 6.07) is 23.0. The molecule has 35 heavy (non-hydrogen) atoms. The third kappa shape index (κ3) is 6.12. The van der Waals surface area contributed by atoms with Crippen LogP contribution in [0.1, 0.15) is 29.0 Å². The van der Waals surface area contributed by atoms with Crippen LogP contribution in [0.15, 0.2) is 72.8 Å². The summed E-state index contributed by atoms with van der Waals surface area (Å²) in [5.74, 6) is 3.09. The van der Waals surface area contributed by atoms with E-state index in [4.69, 9.17) is 19.2 Å². The second kappa shape index (κ2) is 11.9. The van der Waals surface area contributed by atoms with Gasteiger partial charge in [-0.05, 0) is 61.4 Å². The molecule has 7 nitrogen and oxygen atoms in total. The molecule has 0 radical (unpaired) electrons. The number of hydrogen-bond donors (Lipinski definition) is 1. The summed E-state index contributed by atoms with van der Waals surface area (Å²) in [6.07, 6.45) is 2.40. The van der Waals surface area contributed by atoms with Crippen LogP contribution in [0.3, 0.4) is 0 Å². The Morgan fingerprint density at radius 3 is 2.43 bits per heavy atom. The van der Waals surface area contributed by atoms with Crippen LogP contribution in [0.5, 0.6) is 17.2 Å². The van der Waals surface area contributed by atoms with Crippen LogP contribution in [-0.4, -0.2) is 42.8 Å². The fraction of sp³-hybridized carbons (Fsp3) is 0.286. The molecule has 0 aliphatic rings. The molecular formula is C28H31N3O4. The topological polar surface area (TPSA) is 74.6 Å². The minimum Gasteiger partial charge on any atom is -0.497 e. The molecule has 0 spiro atoms. The highest BCUT2D eigenvalue weighted by Gasteiger charge is 2.13. The maximum atomic E-state index is 12.5. The number of hydrogen-bond acceptors (Lipinski definition) is 5. The zero-order valence-electron chi connectivity index (χ0n) is 20.2. The molecule has 182 valence electrons. The molecule has 4 rings (SSSR count). The van der Waals surface area contributed by atoms with Crippen LogP contribution in [0.2, 0.25) is 0 Å². The van der Waals surface area contributed by atoms with Crippen LogP contribution >= 0.6 is 0 Å². The van der Waals surface area contributed by atoms with Crippen LogP contribution < -0.4 is 19.5 Å². The van der Waals surface area contributed by atoms with Crippen molar-refractivity contribution in [1.82, 2.24) is 14.9 Å². The third-order valence-electron chi connectivity index (χ3n) is 5.80. The molecular weight excluding hydrogens is 442 g/mol. The molecule has 0 saturated heterocycles. The number of nitrogens with one attached hydrogen (secondary N) is 1. The van der Waals surface area contributed by atoms with Gasteiger partial charge < -0.3 is 24.1 Å². The van der Waals surface area contributed by atoms with Gasteiger partial charge in [-0.3, -0.25) is 4.79 Å². The smallest absolute Gasteiger partial charge is 0.255 e. The van der Waals surface area contributed by atoms with Gasteiger partial charge in [-0.25, -0.2) is 4.98 Å². The SMILES string of the molecule is COc1ccc(OCCCn2c(CCCNC(=O)c3ccccc3OC)nc3ccccc32)cc1. The van der Waals surface area contributed by atoms with Crippen molar-refractivity contribution in [1.29, 1.82) is 0 Å². The predicted octanol–water partition coefficient (Wildman–Crippen LogP) is 4.89. The molecule has 0 fully saturated rings. The Bertz CT molecular complexity index is 1250. The fourth-order valence-electron chi connectivity index (χ4n) is 4.03. The second-order valence-electron chi connectivity index (χ2n) is 8.11. The number of methoxy groups -OCH3 is 2. The molecule has 1 amide bonds. The highest BCUT2D eigenvalue weighted by Crippen LogP contribution is 2.20. The largest absolute Gasteiger partial charge is 0.497 e. The van der Waals surface area contributed by atoms with Crippen molar-refractivity contribution in [2.24, 2.45) is 0 Å². The van der Waals surface area contributed by atoms with Crippen molar-refractivity contribution in [3.05, 3.63) is 84.2 Å². The number of amides is 1. The summed E-state index contributed by atoms with van der Waals surface area (Å²) in [5.41, 5.74) is 2.64. The Morgan fingerprint density at radius 1 is 0.886 bits per heavy atom. The van der Waals surface area contributed by atoms with Gasteiger partial charge in [0.2, 0.25) is 0 Å². The second-order valence-corrected chi connectivity index (χ2v) is 8.11. The van der Waals surface area contributed by atoms with Crippen molar-refractivity contribution in [3.8, 4) is 17.2 Å². The van der Waals surface area contributed by atoms with Crippen molar-refractivity contribution in [2.45, 2.75) is 25.8 Å². The van der Waals surface area contributed by atoms with Crippen LogP contribution in [0, 0.1) is 0 Å². The van der Waals surface area contributed by atoms with Gasteiger partial charge >= 0.3 is 0 Å². The number of nitrogens with zero attached hydrogens (tertiary/aromatic N) is 2. The summed E-state index contributed by atoms with van der Waals surface area (Å²) in [5, 5.41) is 2.99. The summed E-state index contributed by atoms with van der Waals surface area (Å²) >= 11 is 0. The summed E-state index contributed by atoms with van der Waals surface area (Å²) < 4.78 is 18.6. The molecule has 0 aliphatic carbocycles. The zero-order valence-corrected chi connectivity index (χ0v) is 20.2. The van der Waals surface area contributed by atoms with Gasteiger partial charge in [0.15, 0.2) is 0 Å². The summed E-state index contributed by atoms with van der Waals surface area (Å²) in [7, 11) is 3.22. The highest BCUT2D eigenvalue weighted by atomic mass is 16.5. The number of para-hydroxylation sites is 3. The van der Waals surface area contributed by atoms with Gasteiger partial charge in [0.1, 0.15) is 23.1 Å². The molecule has 7 heteroatoms. The van der Waals surface area contributed by atoms with E-state index in [9.17, 15) is 4.79 Å². The van der Waals surface area contributed by atoms with Crippen molar-refractivity contribution in [2.75, 3.05) is 27.4 Å². The number of ether oxygens (including phenoxy) is 3. The molecule has 0 bridgehead atoms. The zero-order chi connectivity index (χ0) is 24.5. The van der Waals surface area contributed by atoms with Gasteiger partial charge in [0.25, 0.3) is 5.91 Å². The monoisotopic (exact) mass is 473 g/mol. The minimum absolute atomic E-state index is 0.133. The first-order valence-electron chi connectivity index (χ1n) is 11.8. The number of carbonyl (C=O) groups is 1. The lowest BCUT2D eigenvalue weighted by atomic mass is 10.2. The average molecular weight is 474 g/mol. The quantitative estimate of drug-likeness (QED) is 0.297. The highest BCUT2D eigenvalue weighted by molar-refractivity contribution is 5.96. The van der Waals surface area contributed by atoms with E-state index in [0.717, 1.165) is 54.2 Å². The van der Waals surface area contributed by atoms with Gasteiger partial charge in [-0.15, -0.1) is 0 Å². The van der Waals surface area contributed by atoms with Crippen molar-refractivity contribution < 1.29 is 19.0 Å². The maximum absolute atomic E-state index is 12.5. The molecule has 0 saturated carbocycles. The Labute approximate surface area is 205 Å². The van der Waals surface area contributed by atoms with Gasteiger partial charge in [0.05, 0.1) is 37.4 Å². The van der Waals surface area contributed by atoms with Crippen molar-refractivity contribution >= 4 is 16.9 Å². The molecule has 3 aromatic carbocycles. The van der Waals surface area contributed by atoms with E-state index >= 15 is 0 Å². The summed E-state index contributed by atoms with van der Waals surface area (Å²) in [4.78, 5) is 17.4. The lowest BCUT2D eigenvalue weighted by Crippen LogP contribution is -2.25. The predicted molar refractivity (Wildman–Crippen MR) is 136 cm³/mol. The molecule has 0 unspecified atom stereocenters. The van der Waals surface area contributed by atoms with E-state index < -0.39 is 0 Å². The van der Waals surface area contributed by atoms with E-state index in [0.29, 0.717) is 24.5 Å². The van der Waals surface area contributed by atoms with Gasteiger partial charge in [0, 0.05) is 19.5 Å². The Balaban J connectivity index is 1.32. The maximum Gasteiger partial charge on any atom is 0.255 e. The molecule has 1 aromatic heterocycles. The Morgan fingerprint density at radius 2 is 1.63 bits per heavy atom. The summed E-state index contributed by atoms with van der Waals surface area (Å²) in [6.45, 7) is 1.97. The van der Waals surface area contributed by atoms with Crippen molar-refractivity contribution in [3.63, 3.8) is 0 Å². The standard InChI is InChI=1S/C28H31N3O4/c1-33-21-14-16-22(17-15-21)35-20-8-19-31-25-11-5-4-10-24(25)30-27(31)13-7-18-29-28(32)23-9-3-6-12-26(23)34-2/h3-6,9-12,14-17H,7-8,13,18-20H2,1-2H3,(H,29,32). The normalized spacial score (nSPS) is 10.8. The Kier molecular flexibility index (Phi) is 8.22. The number of benzene rings is 3. The van der Waals surface area contributed by atoms with E-state index in [1.807, 2.05) is 54.6 Å². The Hall–Kier alpha value is -4.00. The third-order valence-corrected chi connectivity index (χ3v) is 5.80. The number of fused-ring (bicyclic) bond motifs is 1. The number of carbonyl (C=O) groups excluding carboxylic acids is 1. The van der Waals surface area contributed by atoms with Crippen LogP contribution in [0.25, 0.3) is 11.0 Å². The first kappa shape index (κ1) is 24.1. The number of aromatic nitrogens is 2. The lowest BCUT2D eigenvalue weighted by molar-refractivity contribution is 0.0950. The first-order valence-corrected chi connectivity index (χ1v) is 11.8. The number of rotatable bonds is 12. The van der Waals surface area contributed by atoms with Crippen LogP contribution in [0.4, 0.5) is 0 Å². The van der Waals surface area contributed by atoms with E-state index in [-0.39, 0.29) is 5.91 Å².